The lowest BCUT2D eigenvalue weighted by Crippen LogP contribution is -2.20. The van der Waals surface area contributed by atoms with Crippen LogP contribution >= 0.6 is 0 Å². The van der Waals surface area contributed by atoms with Gasteiger partial charge in [-0.25, -0.2) is 4.98 Å². The minimum atomic E-state index is 0.0196. The van der Waals surface area contributed by atoms with Crippen molar-refractivity contribution in [1.29, 1.82) is 0 Å². The molecule has 4 heteroatoms. The van der Waals surface area contributed by atoms with Crippen LogP contribution in [0.3, 0.4) is 0 Å². The zero-order valence-electron chi connectivity index (χ0n) is 9.56. The van der Waals surface area contributed by atoms with Gasteiger partial charge in [-0.15, -0.1) is 0 Å². The SMILES string of the molecule is CNC(C1=CCCO1)c1cccnc1OC. The van der Waals surface area contributed by atoms with Gasteiger partial charge in [0.05, 0.1) is 19.8 Å². The summed E-state index contributed by atoms with van der Waals surface area (Å²) >= 11 is 0. The maximum Gasteiger partial charge on any atom is 0.218 e. The fourth-order valence-corrected chi connectivity index (χ4v) is 1.88. The summed E-state index contributed by atoms with van der Waals surface area (Å²) in [6, 6.07) is 3.92. The summed E-state index contributed by atoms with van der Waals surface area (Å²) in [5, 5.41) is 3.22. The van der Waals surface area contributed by atoms with Crippen LogP contribution in [0.1, 0.15) is 18.0 Å². The van der Waals surface area contributed by atoms with Gasteiger partial charge in [0.1, 0.15) is 5.76 Å². The van der Waals surface area contributed by atoms with Crippen LogP contribution in [0.5, 0.6) is 5.88 Å². The Hall–Kier alpha value is -1.55. The minimum Gasteiger partial charge on any atom is -0.496 e. The summed E-state index contributed by atoms with van der Waals surface area (Å²) in [5.41, 5.74) is 1.00. The molecule has 0 aromatic carbocycles. The van der Waals surface area contributed by atoms with Gasteiger partial charge in [0.2, 0.25) is 5.88 Å². The Labute approximate surface area is 95.3 Å². The summed E-state index contributed by atoms with van der Waals surface area (Å²) in [5.74, 6) is 1.59. The smallest absolute Gasteiger partial charge is 0.218 e. The number of rotatable bonds is 4. The molecule has 1 aromatic heterocycles. The third-order valence-corrected chi connectivity index (χ3v) is 2.61. The van der Waals surface area contributed by atoms with Crippen molar-refractivity contribution in [1.82, 2.24) is 10.3 Å². The Bertz CT molecular complexity index is 390. The fourth-order valence-electron chi connectivity index (χ4n) is 1.88. The van der Waals surface area contributed by atoms with Gasteiger partial charge in [0, 0.05) is 18.2 Å². The maximum absolute atomic E-state index is 5.58. The van der Waals surface area contributed by atoms with E-state index >= 15 is 0 Å². The molecule has 86 valence electrons. The topological polar surface area (TPSA) is 43.4 Å². The van der Waals surface area contributed by atoms with E-state index in [1.807, 2.05) is 19.2 Å². The highest BCUT2D eigenvalue weighted by molar-refractivity contribution is 5.34. The number of likely N-dealkylation sites (N-methyl/N-ethyl adjacent to an activating group) is 1. The summed E-state index contributed by atoms with van der Waals surface area (Å²) < 4.78 is 10.8. The third kappa shape index (κ3) is 2.02. The second-order valence-electron chi connectivity index (χ2n) is 3.57. The molecule has 1 aliphatic heterocycles. The van der Waals surface area contributed by atoms with Crippen molar-refractivity contribution in [2.45, 2.75) is 12.5 Å². The van der Waals surface area contributed by atoms with E-state index in [1.54, 1.807) is 13.3 Å². The van der Waals surface area contributed by atoms with Crippen molar-refractivity contribution in [2.24, 2.45) is 0 Å². The monoisotopic (exact) mass is 220 g/mol. The van der Waals surface area contributed by atoms with Gasteiger partial charge in [-0.3, -0.25) is 0 Å². The van der Waals surface area contributed by atoms with Gasteiger partial charge in [-0.2, -0.15) is 0 Å². The molecule has 0 amide bonds. The van der Waals surface area contributed by atoms with E-state index in [9.17, 15) is 0 Å². The molecule has 1 atom stereocenters. The van der Waals surface area contributed by atoms with E-state index in [4.69, 9.17) is 9.47 Å². The average molecular weight is 220 g/mol. The molecule has 0 bridgehead atoms. The maximum atomic E-state index is 5.58. The Balaban J connectivity index is 2.32. The number of hydrogen-bond acceptors (Lipinski definition) is 4. The lowest BCUT2D eigenvalue weighted by Gasteiger charge is -2.19. The highest BCUT2D eigenvalue weighted by Crippen LogP contribution is 2.30. The van der Waals surface area contributed by atoms with Crippen LogP contribution in [0.2, 0.25) is 0 Å². The van der Waals surface area contributed by atoms with E-state index in [2.05, 4.69) is 16.4 Å². The van der Waals surface area contributed by atoms with E-state index in [-0.39, 0.29) is 6.04 Å². The summed E-state index contributed by atoms with van der Waals surface area (Å²) in [6.45, 7) is 0.760. The first-order valence-electron chi connectivity index (χ1n) is 5.36. The van der Waals surface area contributed by atoms with Crippen molar-refractivity contribution < 1.29 is 9.47 Å². The van der Waals surface area contributed by atoms with Gasteiger partial charge >= 0.3 is 0 Å². The molecule has 1 aromatic rings. The van der Waals surface area contributed by atoms with Crippen molar-refractivity contribution in [3.8, 4) is 5.88 Å². The Morgan fingerprint density at radius 3 is 3.06 bits per heavy atom. The number of hydrogen-bond donors (Lipinski definition) is 1. The van der Waals surface area contributed by atoms with Crippen LogP contribution in [0.15, 0.2) is 30.2 Å². The van der Waals surface area contributed by atoms with E-state index in [0.29, 0.717) is 5.88 Å². The molecule has 1 unspecified atom stereocenters. The summed E-state index contributed by atoms with van der Waals surface area (Å²) in [7, 11) is 3.53. The molecular formula is C12H16N2O2. The number of aromatic nitrogens is 1. The normalized spacial score (nSPS) is 16.5. The molecule has 0 spiro atoms. The predicted molar refractivity (Wildman–Crippen MR) is 61.2 cm³/mol. The molecule has 0 saturated heterocycles. The molecule has 1 N–H and O–H groups in total. The zero-order chi connectivity index (χ0) is 11.4. The number of nitrogens with zero attached hydrogens (tertiary/aromatic N) is 1. The average Bonchev–Trinajstić information content (AvgIpc) is 2.84. The second kappa shape index (κ2) is 4.99. The van der Waals surface area contributed by atoms with Crippen LogP contribution < -0.4 is 10.1 Å². The van der Waals surface area contributed by atoms with Crippen LogP contribution in [0.25, 0.3) is 0 Å². The predicted octanol–water partition coefficient (Wildman–Crippen LogP) is 1.65. The Morgan fingerprint density at radius 2 is 2.44 bits per heavy atom. The standard InChI is InChI=1S/C12H16N2O2/c1-13-11(10-6-4-8-16-10)9-5-3-7-14-12(9)15-2/h3,5-7,11,13H,4,8H2,1-2H3. The molecule has 4 nitrogen and oxygen atoms in total. The molecule has 2 heterocycles. The lowest BCUT2D eigenvalue weighted by atomic mass is 10.1. The number of pyridine rings is 1. The van der Waals surface area contributed by atoms with Crippen LogP contribution in [0.4, 0.5) is 0 Å². The summed E-state index contributed by atoms with van der Waals surface area (Å²) in [4.78, 5) is 4.19. The molecule has 1 aliphatic rings. The highest BCUT2D eigenvalue weighted by atomic mass is 16.5. The van der Waals surface area contributed by atoms with Crippen molar-refractivity contribution in [3.05, 3.63) is 35.7 Å². The largest absolute Gasteiger partial charge is 0.496 e. The second-order valence-corrected chi connectivity index (χ2v) is 3.57. The van der Waals surface area contributed by atoms with Gasteiger partial charge in [-0.1, -0.05) is 6.07 Å². The van der Waals surface area contributed by atoms with Gasteiger partial charge < -0.3 is 14.8 Å². The molecule has 16 heavy (non-hydrogen) atoms. The molecule has 0 radical (unpaired) electrons. The van der Waals surface area contributed by atoms with Crippen molar-refractivity contribution in [2.75, 3.05) is 20.8 Å². The molecule has 0 saturated carbocycles. The van der Waals surface area contributed by atoms with Gasteiger partial charge in [0.15, 0.2) is 0 Å². The molecule has 0 fully saturated rings. The first kappa shape index (κ1) is 11.0. The lowest BCUT2D eigenvalue weighted by molar-refractivity contribution is 0.216. The number of methoxy groups -OCH3 is 1. The van der Waals surface area contributed by atoms with E-state index < -0.39 is 0 Å². The first-order chi connectivity index (χ1) is 7.86. The molecular weight excluding hydrogens is 204 g/mol. The van der Waals surface area contributed by atoms with Crippen LogP contribution in [-0.2, 0) is 4.74 Å². The Morgan fingerprint density at radius 1 is 1.56 bits per heavy atom. The number of nitrogens with one attached hydrogen (secondary N) is 1. The first-order valence-corrected chi connectivity index (χ1v) is 5.36. The van der Waals surface area contributed by atoms with Crippen molar-refractivity contribution in [3.63, 3.8) is 0 Å². The zero-order valence-corrected chi connectivity index (χ0v) is 9.56. The van der Waals surface area contributed by atoms with Crippen molar-refractivity contribution >= 4 is 0 Å². The highest BCUT2D eigenvalue weighted by Gasteiger charge is 2.22. The summed E-state index contributed by atoms with van der Waals surface area (Å²) in [6.07, 6.45) is 4.79. The van der Waals surface area contributed by atoms with Gasteiger partial charge in [0.25, 0.3) is 0 Å². The number of ether oxygens (including phenoxy) is 2. The van der Waals surface area contributed by atoms with E-state index in [0.717, 1.165) is 24.4 Å². The van der Waals surface area contributed by atoms with Crippen LogP contribution in [-0.4, -0.2) is 25.7 Å². The third-order valence-electron chi connectivity index (χ3n) is 2.61. The Kier molecular flexibility index (Phi) is 3.41. The minimum absolute atomic E-state index is 0.0196. The fraction of sp³-hybridized carbons (Fsp3) is 0.417. The van der Waals surface area contributed by atoms with Crippen LogP contribution in [0, 0.1) is 0 Å². The molecule has 2 rings (SSSR count). The van der Waals surface area contributed by atoms with Gasteiger partial charge in [-0.05, 0) is 19.2 Å². The molecule has 0 aliphatic carbocycles. The van der Waals surface area contributed by atoms with E-state index in [1.165, 1.54) is 0 Å². The quantitative estimate of drug-likeness (QED) is 0.838.